The zero-order valence-electron chi connectivity index (χ0n) is 21.5. The van der Waals surface area contributed by atoms with E-state index in [1.54, 1.807) is 0 Å². The van der Waals surface area contributed by atoms with Crippen molar-refractivity contribution in [1.82, 2.24) is 5.06 Å². The summed E-state index contributed by atoms with van der Waals surface area (Å²) in [5, 5.41) is 12.1. The van der Waals surface area contributed by atoms with E-state index in [4.69, 9.17) is 4.84 Å². The molecule has 0 aromatic rings. The van der Waals surface area contributed by atoms with Gasteiger partial charge >= 0.3 is 5.97 Å². The Morgan fingerprint density at radius 1 is 0.774 bits per heavy atom. The maximum Gasteiger partial charge on any atom is 0.353 e. The summed E-state index contributed by atoms with van der Waals surface area (Å²) in [5.41, 5.74) is -0.377. The fourth-order valence-electron chi connectivity index (χ4n) is 5.02. The van der Waals surface area contributed by atoms with E-state index in [2.05, 4.69) is 34.6 Å². The predicted octanol–water partition coefficient (Wildman–Crippen LogP) is 7.72. The average molecular weight is 440 g/mol. The molecule has 0 aromatic heterocycles. The number of aliphatic hydroxyl groups excluding tert-OH is 1. The first-order chi connectivity index (χ1) is 14.7. The van der Waals surface area contributed by atoms with Crippen LogP contribution in [-0.2, 0) is 9.63 Å². The van der Waals surface area contributed by atoms with Crippen molar-refractivity contribution in [3.8, 4) is 0 Å². The zero-order valence-corrected chi connectivity index (χ0v) is 21.5. The van der Waals surface area contributed by atoms with Gasteiger partial charge in [-0.1, -0.05) is 96.8 Å². The molecule has 1 aliphatic rings. The molecular weight excluding hydrogens is 386 g/mol. The SMILES string of the molecule is CCCCCCCCCCCCCCCCC(O)C(=O)ON1C(C)(C)CCCC1(C)C. The van der Waals surface area contributed by atoms with E-state index in [1.807, 2.05) is 5.06 Å². The van der Waals surface area contributed by atoms with E-state index in [0.29, 0.717) is 6.42 Å². The van der Waals surface area contributed by atoms with Crippen LogP contribution in [0.3, 0.4) is 0 Å². The first-order valence-corrected chi connectivity index (χ1v) is 13.4. The number of hydrogen-bond acceptors (Lipinski definition) is 4. The monoisotopic (exact) mass is 439 g/mol. The summed E-state index contributed by atoms with van der Waals surface area (Å²) in [6, 6.07) is 0. The summed E-state index contributed by atoms with van der Waals surface area (Å²) >= 11 is 0. The molecule has 1 fully saturated rings. The minimum atomic E-state index is -1.01. The van der Waals surface area contributed by atoms with Crippen LogP contribution in [0.15, 0.2) is 0 Å². The Labute approximate surface area is 193 Å². The van der Waals surface area contributed by atoms with Gasteiger partial charge in [0.25, 0.3) is 0 Å². The largest absolute Gasteiger partial charge is 0.381 e. The van der Waals surface area contributed by atoms with Gasteiger partial charge in [-0.15, -0.1) is 5.06 Å². The molecule has 0 radical (unpaired) electrons. The molecule has 0 saturated carbocycles. The van der Waals surface area contributed by atoms with Crippen LogP contribution in [0, 0.1) is 0 Å². The molecule has 0 aliphatic carbocycles. The number of rotatable bonds is 17. The quantitative estimate of drug-likeness (QED) is 0.236. The smallest absolute Gasteiger partial charge is 0.353 e. The van der Waals surface area contributed by atoms with Crippen molar-refractivity contribution < 1.29 is 14.7 Å². The van der Waals surface area contributed by atoms with Crippen LogP contribution >= 0.6 is 0 Å². The fraction of sp³-hybridized carbons (Fsp3) is 0.963. The second-order valence-electron chi connectivity index (χ2n) is 11.1. The molecule has 1 N–H and O–H groups in total. The summed E-state index contributed by atoms with van der Waals surface area (Å²) in [4.78, 5) is 18.1. The van der Waals surface area contributed by atoms with Gasteiger partial charge in [-0.25, -0.2) is 4.79 Å². The van der Waals surface area contributed by atoms with Crippen molar-refractivity contribution in [2.24, 2.45) is 0 Å². The Hall–Kier alpha value is -0.610. The average Bonchev–Trinajstić information content (AvgIpc) is 2.70. The molecule has 1 saturated heterocycles. The van der Waals surface area contributed by atoms with Crippen LogP contribution in [0.2, 0.25) is 0 Å². The number of carbonyl (C=O) groups is 1. The lowest BCUT2D eigenvalue weighted by molar-refractivity contribution is -0.271. The molecule has 1 unspecified atom stereocenters. The van der Waals surface area contributed by atoms with Gasteiger partial charge < -0.3 is 9.94 Å². The predicted molar refractivity (Wildman–Crippen MR) is 131 cm³/mol. The van der Waals surface area contributed by atoms with Crippen molar-refractivity contribution in [2.75, 3.05) is 0 Å². The Morgan fingerprint density at radius 3 is 1.58 bits per heavy atom. The number of hydrogen-bond donors (Lipinski definition) is 1. The van der Waals surface area contributed by atoms with Gasteiger partial charge in [-0.3, -0.25) is 0 Å². The number of hydroxylamine groups is 2. The fourth-order valence-corrected chi connectivity index (χ4v) is 5.02. The lowest BCUT2D eigenvalue weighted by Crippen LogP contribution is -2.59. The molecule has 0 bridgehead atoms. The number of unbranched alkanes of at least 4 members (excludes halogenated alkanes) is 13. The number of aliphatic hydroxyl groups is 1. The van der Waals surface area contributed by atoms with Crippen molar-refractivity contribution in [3.05, 3.63) is 0 Å². The molecule has 0 amide bonds. The molecule has 0 spiro atoms. The third kappa shape index (κ3) is 11.7. The van der Waals surface area contributed by atoms with Gasteiger partial charge in [-0.2, -0.15) is 0 Å². The molecule has 4 heteroatoms. The van der Waals surface area contributed by atoms with Crippen LogP contribution in [0.4, 0.5) is 0 Å². The third-order valence-corrected chi connectivity index (χ3v) is 6.96. The minimum absolute atomic E-state index is 0.188. The molecular formula is C27H53NO3. The first kappa shape index (κ1) is 28.4. The molecule has 1 heterocycles. The van der Waals surface area contributed by atoms with Crippen molar-refractivity contribution >= 4 is 5.97 Å². The molecule has 4 nitrogen and oxygen atoms in total. The second-order valence-corrected chi connectivity index (χ2v) is 11.1. The zero-order chi connectivity index (χ0) is 23.2. The van der Waals surface area contributed by atoms with Crippen LogP contribution in [0.25, 0.3) is 0 Å². The van der Waals surface area contributed by atoms with Crippen molar-refractivity contribution in [3.63, 3.8) is 0 Å². The van der Waals surface area contributed by atoms with Crippen LogP contribution < -0.4 is 0 Å². The first-order valence-electron chi connectivity index (χ1n) is 13.4. The van der Waals surface area contributed by atoms with E-state index in [0.717, 1.165) is 32.1 Å². The van der Waals surface area contributed by atoms with E-state index >= 15 is 0 Å². The summed E-state index contributed by atoms with van der Waals surface area (Å²) in [7, 11) is 0. The number of piperidine rings is 1. The Kier molecular flexibility index (Phi) is 14.0. The highest BCUT2D eigenvalue weighted by Gasteiger charge is 2.44. The molecule has 1 aliphatic heterocycles. The molecule has 184 valence electrons. The molecule has 31 heavy (non-hydrogen) atoms. The van der Waals surface area contributed by atoms with E-state index in [9.17, 15) is 9.90 Å². The summed E-state index contributed by atoms with van der Waals surface area (Å²) in [5.74, 6) is -0.488. The van der Waals surface area contributed by atoms with Crippen LogP contribution in [-0.4, -0.2) is 33.3 Å². The van der Waals surface area contributed by atoms with Gasteiger partial charge in [0, 0.05) is 0 Å². The van der Waals surface area contributed by atoms with Crippen molar-refractivity contribution in [1.29, 1.82) is 0 Å². The highest BCUT2D eigenvalue weighted by Crippen LogP contribution is 2.38. The Bertz CT molecular complexity index is 459. The standard InChI is InChI=1S/C27H53NO3/c1-6-7-8-9-10-11-12-13-14-15-16-17-18-19-21-24(29)25(30)31-28-26(2,3)22-20-23-27(28,4)5/h24,29H,6-23H2,1-5H3. The normalized spacial score (nSPS) is 19.3. The minimum Gasteiger partial charge on any atom is -0.381 e. The maximum absolute atomic E-state index is 12.4. The van der Waals surface area contributed by atoms with Gasteiger partial charge in [0.05, 0.1) is 11.1 Å². The summed E-state index contributed by atoms with van der Waals surface area (Å²) in [6.45, 7) is 10.7. The Balaban J connectivity index is 2.04. The summed E-state index contributed by atoms with van der Waals surface area (Å²) in [6.07, 6.45) is 20.9. The molecule has 1 rings (SSSR count). The number of carbonyl (C=O) groups excluding carboxylic acids is 1. The van der Waals surface area contributed by atoms with Gasteiger partial charge in [-0.05, 0) is 53.4 Å². The Morgan fingerprint density at radius 2 is 1.16 bits per heavy atom. The topological polar surface area (TPSA) is 49.8 Å². The van der Waals surface area contributed by atoms with Gasteiger partial charge in [0.1, 0.15) is 0 Å². The van der Waals surface area contributed by atoms with Crippen LogP contribution in [0.5, 0.6) is 0 Å². The molecule has 0 aromatic carbocycles. The van der Waals surface area contributed by atoms with E-state index in [1.165, 1.54) is 77.0 Å². The lowest BCUT2D eigenvalue weighted by Gasteiger charge is -2.50. The highest BCUT2D eigenvalue weighted by atomic mass is 16.7. The van der Waals surface area contributed by atoms with E-state index < -0.39 is 12.1 Å². The maximum atomic E-state index is 12.4. The summed E-state index contributed by atoms with van der Waals surface area (Å²) < 4.78 is 0. The van der Waals surface area contributed by atoms with Gasteiger partial charge in [0.15, 0.2) is 6.10 Å². The van der Waals surface area contributed by atoms with Crippen LogP contribution in [0.1, 0.15) is 150 Å². The van der Waals surface area contributed by atoms with Gasteiger partial charge in [0.2, 0.25) is 0 Å². The number of nitrogens with zero attached hydrogens (tertiary/aromatic N) is 1. The lowest BCUT2D eigenvalue weighted by atomic mass is 9.82. The van der Waals surface area contributed by atoms with E-state index in [-0.39, 0.29) is 11.1 Å². The van der Waals surface area contributed by atoms with Crippen molar-refractivity contribution in [2.45, 2.75) is 167 Å². The molecule has 1 atom stereocenters. The second kappa shape index (κ2) is 15.3. The highest BCUT2D eigenvalue weighted by molar-refractivity contribution is 5.74. The third-order valence-electron chi connectivity index (χ3n) is 6.96.